The van der Waals surface area contributed by atoms with Gasteiger partial charge < -0.3 is 5.73 Å². The van der Waals surface area contributed by atoms with Gasteiger partial charge in [-0.25, -0.2) is 4.68 Å². The number of nitrogens with two attached hydrogens (primary N) is 1. The zero-order valence-corrected chi connectivity index (χ0v) is 12.4. The fourth-order valence-electron chi connectivity index (χ4n) is 2.64. The Morgan fingerprint density at radius 2 is 2.15 bits per heavy atom. The van der Waals surface area contributed by atoms with E-state index >= 15 is 0 Å². The highest BCUT2D eigenvalue weighted by Gasteiger charge is 2.46. The third-order valence-corrected chi connectivity index (χ3v) is 4.70. The Morgan fingerprint density at radius 3 is 2.75 bits per heavy atom. The molecule has 1 aliphatic rings. The maximum atomic E-state index is 6.25. The lowest BCUT2D eigenvalue weighted by molar-refractivity contribution is 0.294. The van der Waals surface area contributed by atoms with E-state index in [1.54, 1.807) is 0 Å². The summed E-state index contributed by atoms with van der Waals surface area (Å²) in [4.78, 5) is 0. The van der Waals surface area contributed by atoms with Crippen LogP contribution in [0.2, 0.25) is 5.02 Å². The van der Waals surface area contributed by atoms with E-state index in [0.717, 1.165) is 12.1 Å². The number of nitrogens with zero attached hydrogens (tertiary/aromatic N) is 4. The lowest BCUT2D eigenvalue weighted by Gasteiger charge is -2.20. The molecule has 6 heteroatoms. The van der Waals surface area contributed by atoms with Gasteiger partial charge in [-0.1, -0.05) is 31.5 Å². The third kappa shape index (κ3) is 2.16. The topological polar surface area (TPSA) is 69.6 Å². The highest BCUT2D eigenvalue weighted by atomic mass is 35.5. The fraction of sp³-hybridized carbons (Fsp3) is 0.500. The minimum absolute atomic E-state index is 0.320. The Balaban J connectivity index is 1.99. The van der Waals surface area contributed by atoms with Crippen molar-refractivity contribution in [2.45, 2.75) is 33.2 Å². The summed E-state index contributed by atoms with van der Waals surface area (Å²) < 4.78 is 1.84. The number of rotatable bonds is 4. The van der Waals surface area contributed by atoms with E-state index < -0.39 is 0 Å². The number of benzene rings is 1. The maximum absolute atomic E-state index is 6.25. The molecule has 5 nitrogen and oxygen atoms in total. The molecular formula is C14H18ClN5. The van der Waals surface area contributed by atoms with Gasteiger partial charge in [0.15, 0.2) is 5.82 Å². The predicted octanol–water partition coefficient (Wildman–Crippen LogP) is 3.01. The molecule has 0 saturated heterocycles. The van der Waals surface area contributed by atoms with Crippen LogP contribution in [0.3, 0.4) is 0 Å². The Hall–Kier alpha value is -1.62. The Kier molecular flexibility index (Phi) is 3.17. The second-order valence-electron chi connectivity index (χ2n) is 5.88. The normalized spacial score (nSPS) is 16.6. The summed E-state index contributed by atoms with van der Waals surface area (Å²) in [5, 5.41) is 12.6. The molecule has 1 heterocycles. The number of aromatic nitrogens is 4. The number of hydrogen-bond donors (Lipinski definition) is 1. The zero-order chi connectivity index (χ0) is 14.3. The molecule has 1 fully saturated rings. The Labute approximate surface area is 123 Å². The van der Waals surface area contributed by atoms with Gasteiger partial charge in [-0.3, -0.25) is 0 Å². The van der Waals surface area contributed by atoms with Gasteiger partial charge in [-0.05, 0) is 46.7 Å². The summed E-state index contributed by atoms with van der Waals surface area (Å²) in [5.74, 6) is 1.27. The summed E-state index contributed by atoms with van der Waals surface area (Å²) in [7, 11) is 0. The molecule has 0 aliphatic heterocycles. The molecule has 1 saturated carbocycles. The zero-order valence-electron chi connectivity index (χ0n) is 11.7. The van der Waals surface area contributed by atoms with E-state index in [-0.39, 0.29) is 0 Å². The van der Waals surface area contributed by atoms with E-state index in [1.807, 2.05) is 22.9 Å². The highest BCUT2D eigenvalue weighted by Crippen LogP contribution is 2.53. The number of anilines is 1. The van der Waals surface area contributed by atoms with Gasteiger partial charge in [0.05, 0.1) is 17.1 Å². The number of hydrogen-bond acceptors (Lipinski definition) is 4. The first-order valence-electron chi connectivity index (χ1n) is 6.84. The molecule has 0 bridgehead atoms. The average Bonchev–Trinajstić information content (AvgIpc) is 3.04. The van der Waals surface area contributed by atoms with Crippen LogP contribution in [0.1, 0.15) is 26.7 Å². The molecule has 106 valence electrons. The molecule has 0 atom stereocenters. The molecule has 1 aromatic carbocycles. The first-order chi connectivity index (χ1) is 9.53. The van der Waals surface area contributed by atoms with Gasteiger partial charge in [-0.15, -0.1) is 5.10 Å². The smallest absolute Gasteiger partial charge is 0.185 e. The molecule has 0 radical (unpaired) electrons. The fourth-order valence-corrected chi connectivity index (χ4v) is 2.91. The predicted molar refractivity (Wildman–Crippen MR) is 79.2 cm³/mol. The van der Waals surface area contributed by atoms with Crippen molar-refractivity contribution in [3.63, 3.8) is 0 Å². The van der Waals surface area contributed by atoms with Crippen molar-refractivity contribution in [1.82, 2.24) is 20.2 Å². The van der Waals surface area contributed by atoms with Crippen LogP contribution >= 0.6 is 11.6 Å². The quantitative estimate of drug-likeness (QED) is 0.879. The standard InChI is InChI=1S/C14H18ClN5/c1-9(2)14(6-7-14)8-20-13(17-18-19-20)12-10(15)4-3-5-11(12)16/h3-5,9H,6-8,16H2,1-2H3. The number of halogens is 1. The van der Waals surface area contributed by atoms with Gasteiger partial charge in [0.1, 0.15) is 0 Å². The van der Waals surface area contributed by atoms with Crippen LogP contribution in [0.15, 0.2) is 18.2 Å². The summed E-state index contributed by atoms with van der Waals surface area (Å²) in [6.07, 6.45) is 2.45. The van der Waals surface area contributed by atoms with Gasteiger partial charge >= 0.3 is 0 Å². The Bertz CT molecular complexity index is 610. The van der Waals surface area contributed by atoms with Gasteiger partial charge in [0, 0.05) is 5.69 Å². The second kappa shape index (κ2) is 4.74. The molecule has 3 rings (SSSR count). The minimum atomic E-state index is 0.320. The molecular weight excluding hydrogens is 274 g/mol. The molecule has 0 spiro atoms. The maximum Gasteiger partial charge on any atom is 0.185 e. The summed E-state index contributed by atoms with van der Waals surface area (Å²) in [6, 6.07) is 5.45. The van der Waals surface area contributed by atoms with E-state index in [1.165, 1.54) is 12.8 Å². The molecule has 1 aliphatic carbocycles. The summed E-state index contributed by atoms with van der Waals surface area (Å²) >= 11 is 6.25. The molecule has 0 amide bonds. The van der Waals surface area contributed by atoms with Gasteiger partial charge in [0.2, 0.25) is 0 Å². The lowest BCUT2D eigenvalue weighted by atomic mass is 9.92. The monoisotopic (exact) mass is 291 g/mol. The Morgan fingerprint density at radius 1 is 1.40 bits per heavy atom. The highest BCUT2D eigenvalue weighted by molar-refractivity contribution is 6.33. The van der Waals surface area contributed by atoms with Gasteiger partial charge in [0.25, 0.3) is 0 Å². The first kappa shape index (κ1) is 13.4. The van der Waals surface area contributed by atoms with Gasteiger partial charge in [-0.2, -0.15) is 0 Å². The van der Waals surface area contributed by atoms with Crippen molar-refractivity contribution >= 4 is 17.3 Å². The number of tetrazole rings is 1. The van der Waals surface area contributed by atoms with Crippen molar-refractivity contribution < 1.29 is 0 Å². The van der Waals surface area contributed by atoms with Crippen molar-refractivity contribution in [3.8, 4) is 11.4 Å². The van der Waals surface area contributed by atoms with E-state index in [9.17, 15) is 0 Å². The van der Waals surface area contributed by atoms with Crippen LogP contribution in [0.4, 0.5) is 5.69 Å². The molecule has 1 aromatic heterocycles. The lowest BCUT2D eigenvalue weighted by Crippen LogP contribution is -2.19. The summed E-state index contributed by atoms with van der Waals surface area (Å²) in [6.45, 7) is 5.32. The largest absolute Gasteiger partial charge is 0.398 e. The molecule has 0 unspecified atom stereocenters. The van der Waals surface area contributed by atoms with E-state index in [2.05, 4.69) is 29.4 Å². The summed E-state index contributed by atoms with van der Waals surface area (Å²) in [5.41, 5.74) is 7.67. The molecule has 2 N–H and O–H groups in total. The van der Waals surface area contributed by atoms with Crippen LogP contribution in [0.25, 0.3) is 11.4 Å². The van der Waals surface area contributed by atoms with Crippen LogP contribution in [-0.4, -0.2) is 20.2 Å². The average molecular weight is 292 g/mol. The van der Waals surface area contributed by atoms with Crippen LogP contribution in [0, 0.1) is 11.3 Å². The number of nitrogen functional groups attached to an aromatic ring is 1. The van der Waals surface area contributed by atoms with Crippen molar-refractivity contribution in [3.05, 3.63) is 23.2 Å². The van der Waals surface area contributed by atoms with Crippen LogP contribution in [0.5, 0.6) is 0 Å². The van der Waals surface area contributed by atoms with E-state index in [0.29, 0.717) is 27.9 Å². The van der Waals surface area contributed by atoms with Crippen LogP contribution in [-0.2, 0) is 6.54 Å². The molecule has 2 aromatic rings. The second-order valence-corrected chi connectivity index (χ2v) is 6.29. The first-order valence-corrected chi connectivity index (χ1v) is 7.22. The SMILES string of the molecule is CC(C)C1(Cn2nnnc2-c2c(N)cccc2Cl)CC1. The van der Waals surface area contributed by atoms with Crippen molar-refractivity contribution in [2.75, 3.05) is 5.73 Å². The van der Waals surface area contributed by atoms with Crippen molar-refractivity contribution in [1.29, 1.82) is 0 Å². The molecule has 20 heavy (non-hydrogen) atoms. The van der Waals surface area contributed by atoms with Crippen LogP contribution < -0.4 is 5.73 Å². The minimum Gasteiger partial charge on any atom is -0.398 e. The van der Waals surface area contributed by atoms with E-state index in [4.69, 9.17) is 17.3 Å². The third-order valence-electron chi connectivity index (χ3n) is 4.38. The van der Waals surface area contributed by atoms with Crippen molar-refractivity contribution in [2.24, 2.45) is 11.3 Å².